The molecule has 0 aliphatic heterocycles. The number of hydrogen-bond donors (Lipinski definition) is 2. The van der Waals surface area contributed by atoms with E-state index in [1.54, 1.807) is 6.07 Å². The number of phenols is 2. The van der Waals surface area contributed by atoms with Crippen LogP contribution >= 0.6 is 0 Å². The second kappa shape index (κ2) is 17.8. The van der Waals surface area contributed by atoms with Crippen LogP contribution in [0.15, 0.2) is 18.2 Å². The predicted molar refractivity (Wildman–Crippen MR) is 119 cm³/mol. The second-order valence-corrected chi connectivity index (χ2v) is 8.10. The van der Waals surface area contributed by atoms with Crippen molar-refractivity contribution in [2.75, 3.05) is 13.2 Å². The van der Waals surface area contributed by atoms with Crippen molar-refractivity contribution in [1.82, 2.24) is 0 Å². The molecule has 0 amide bonds. The molecule has 0 saturated carbocycles. The van der Waals surface area contributed by atoms with E-state index in [-0.39, 0.29) is 11.5 Å². The van der Waals surface area contributed by atoms with Crippen molar-refractivity contribution < 1.29 is 14.9 Å². The highest BCUT2D eigenvalue weighted by Crippen LogP contribution is 2.29. The van der Waals surface area contributed by atoms with E-state index in [0.717, 1.165) is 31.6 Å². The number of hydrogen-bond acceptors (Lipinski definition) is 3. The van der Waals surface area contributed by atoms with E-state index in [1.807, 2.05) is 6.07 Å². The molecule has 0 aliphatic carbocycles. The Bertz CT molecular complexity index is 473. The number of rotatable bonds is 19. The summed E-state index contributed by atoms with van der Waals surface area (Å²) in [6, 6.07) is 5.23. The van der Waals surface area contributed by atoms with Crippen LogP contribution in [0.1, 0.15) is 109 Å². The minimum absolute atomic E-state index is 0.00700. The van der Waals surface area contributed by atoms with Gasteiger partial charge in [0.15, 0.2) is 11.5 Å². The van der Waals surface area contributed by atoms with Crippen LogP contribution in [-0.2, 0) is 11.2 Å². The SMILES string of the molecule is CCCCCCOCCCCCCCCCCCCCc1cccc(O)c1O. The first-order valence-electron chi connectivity index (χ1n) is 11.8. The van der Waals surface area contributed by atoms with Gasteiger partial charge in [-0.2, -0.15) is 0 Å². The molecule has 0 fully saturated rings. The van der Waals surface area contributed by atoms with E-state index in [1.165, 1.54) is 96.0 Å². The molecule has 1 aromatic rings. The van der Waals surface area contributed by atoms with Crippen LogP contribution in [0, 0.1) is 0 Å². The first-order chi connectivity index (χ1) is 13.8. The van der Waals surface area contributed by atoms with Crippen molar-refractivity contribution in [3.05, 3.63) is 23.8 Å². The summed E-state index contributed by atoms with van der Waals surface area (Å²) in [6.45, 7) is 4.15. The Morgan fingerprint density at radius 2 is 1.14 bits per heavy atom. The first-order valence-corrected chi connectivity index (χ1v) is 11.8. The second-order valence-electron chi connectivity index (χ2n) is 8.10. The molecule has 0 aromatic heterocycles. The highest BCUT2D eigenvalue weighted by atomic mass is 16.5. The summed E-state index contributed by atoms with van der Waals surface area (Å²) >= 11 is 0. The van der Waals surface area contributed by atoms with Crippen LogP contribution in [0.25, 0.3) is 0 Å². The maximum Gasteiger partial charge on any atom is 0.160 e. The summed E-state index contributed by atoms with van der Waals surface area (Å²) in [5.41, 5.74) is 0.863. The minimum atomic E-state index is -0.00700. The fourth-order valence-corrected chi connectivity index (χ4v) is 3.62. The standard InChI is InChI=1S/C25H44O3/c1-2-3-4-15-21-28-22-16-13-11-9-7-5-6-8-10-12-14-18-23-19-17-20-24(26)25(23)27/h17,19-20,26-27H,2-16,18,21-22H2,1H3. The van der Waals surface area contributed by atoms with Crippen molar-refractivity contribution >= 4 is 0 Å². The predicted octanol–water partition coefficient (Wildman–Crippen LogP) is 7.53. The number of ether oxygens (including phenoxy) is 1. The summed E-state index contributed by atoms with van der Waals surface area (Å²) in [6.07, 6.45) is 20.2. The minimum Gasteiger partial charge on any atom is -0.504 e. The average Bonchev–Trinajstić information content (AvgIpc) is 2.70. The van der Waals surface area contributed by atoms with Crippen LogP contribution in [0.4, 0.5) is 0 Å². The lowest BCUT2D eigenvalue weighted by Crippen LogP contribution is -1.97. The van der Waals surface area contributed by atoms with Crippen LogP contribution in [0.3, 0.4) is 0 Å². The van der Waals surface area contributed by atoms with Gasteiger partial charge in [-0.25, -0.2) is 0 Å². The van der Waals surface area contributed by atoms with Crippen molar-refractivity contribution in [2.24, 2.45) is 0 Å². The number of aryl methyl sites for hydroxylation is 1. The normalized spacial score (nSPS) is 11.2. The van der Waals surface area contributed by atoms with E-state index < -0.39 is 0 Å². The van der Waals surface area contributed by atoms with E-state index in [2.05, 4.69) is 6.92 Å². The zero-order valence-electron chi connectivity index (χ0n) is 18.3. The van der Waals surface area contributed by atoms with E-state index in [9.17, 15) is 10.2 Å². The van der Waals surface area contributed by atoms with Gasteiger partial charge in [0.25, 0.3) is 0 Å². The van der Waals surface area contributed by atoms with Crippen LogP contribution in [0.5, 0.6) is 11.5 Å². The Hall–Kier alpha value is -1.22. The summed E-state index contributed by atoms with van der Waals surface area (Å²) < 4.78 is 5.69. The van der Waals surface area contributed by atoms with E-state index in [0.29, 0.717) is 0 Å². The third kappa shape index (κ3) is 13.0. The number of aromatic hydroxyl groups is 2. The lowest BCUT2D eigenvalue weighted by atomic mass is 10.0. The molecular weight excluding hydrogens is 348 g/mol. The molecule has 28 heavy (non-hydrogen) atoms. The molecule has 0 aliphatic rings. The monoisotopic (exact) mass is 392 g/mol. The van der Waals surface area contributed by atoms with Gasteiger partial charge in [0, 0.05) is 13.2 Å². The largest absolute Gasteiger partial charge is 0.504 e. The van der Waals surface area contributed by atoms with E-state index >= 15 is 0 Å². The molecule has 0 spiro atoms. The number of benzene rings is 1. The maximum atomic E-state index is 9.78. The van der Waals surface area contributed by atoms with Crippen molar-refractivity contribution in [1.29, 1.82) is 0 Å². The summed E-state index contributed by atoms with van der Waals surface area (Å²) in [5, 5.41) is 19.3. The van der Waals surface area contributed by atoms with Crippen LogP contribution in [-0.4, -0.2) is 23.4 Å². The van der Waals surface area contributed by atoms with Gasteiger partial charge < -0.3 is 14.9 Å². The quantitative estimate of drug-likeness (QED) is 0.189. The molecule has 0 heterocycles. The fraction of sp³-hybridized carbons (Fsp3) is 0.760. The Kier molecular flexibility index (Phi) is 15.8. The Morgan fingerprint density at radius 1 is 0.643 bits per heavy atom. The molecule has 0 unspecified atom stereocenters. The number of para-hydroxylation sites is 1. The van der Waals surface area contributed by atoms with E-state index in [4.69, 9.17) is 4.74 Å². The van der Waals surface area contributed by atoms with Gasteiger partial charge >= 0.3 is 0 Å². The highest BCUT2D eigenvalue weighted by Gasteiger charge is 2.04. The van der Waals surface area contributed by atoms with Gasteiger partial charge in [-0.3, -0.25) is 0 Å². The van der Waals surface area contributed by atoms with Crippen molar-refractivity contribution in [3.63, 3.8) is 0 Å². The van der Waals surface area contributed by atoms with Gasteiger partial charge in [0.1, 0.15) is 0 Å². The van der Waals surface area contributed by atoms with Gasteiger partial charge in [0.2, 0.25) is 0 Å². The first kappa shape index (κ1) is 24.8. The van der Waals surface area contributed by atoms with Gasteiger partial charge in [-0.05, 0) is 37.3 Å². The third-order valence-electron chi connectivity index (χ3n) is 5.48. The Balaban J connectivity index is 1.77. The lowest BCUT2D eigenvalue weighted by Gasteiger charge is -2.06. The fourth-order valence-electron chi connectivity index (χ4n) is 3.62. The molecule has 0 radical (unpaired) electrons. The van der Waals surface area contributed by atoms with Gasteiger partial charge in [0.05, 0.1) is 0 Å². The van der Waals surface area contributed by atoms with Gasteiger partial charge in [-0.15, -0.1) is 0 Å². The molecule has 1 rings (SSSR count). The topological polar surface area (TPSA) is 49.7 Å². The maximum absolute atomic E-state index is 9.78. The third-order valence-corrected chi connectivity index (χ3v) is 5.48. The van der Waals surface area contributed by atoms with Gasteiger partial charge in [-0.1, -0.05) is 96.1 Å². The number of phenolic OH excluding ortho intramolecular Hbond substituents is 2. The van der Waals surface area contributed by atoms with Crippen molar-refractivity contribution in [2.45, 2.75) is 110 Å². The average molecular weight is 393 g/mol. The zero-order chi connectivity index (χ0) is 20.3. The number of unbranched alkanes of at least 4 members (excludes halogenated alkanes) is 13. The summed E-state index contributed by atoms with van der Waals surface area (Å²) in [5.74, 6) is 0.0495. The molecule has 0 saturated heterocycles. The Labute approximate surface area is 173 Å². The highest BCUT2D eigenvalue weighted by molar-refractivity contribution is 5.44. The molecule has 0 atom stereocenters. The molecule has 3 nitrogen and oxygen atoms in total. The molecule has 2 N–H and O–H groups in total. The molecule has 1 aromatic carbocycles. The Morgan fingerprint density at radius 3 is 1.71 bits per heavy atom. The molecule has 162 valence electrons. The zero-order valence-corrected chi connectivity index (χ0v) is 18.3. The summed E-state index contributed by atoms with van der Waals surface area (Å²) in [7, 11) is 0. The molecular formula is C25H44O3. The lowest BCUT2D eigenvalue weighted by molar-refractivity contribution is 0.125. The molecule has 3 heteroatoms. The smallest absolute Gasteiger partial charge is 0.160 e. The van der Waals surface area contributed by atoms with Crippen molar-refractivity contribution in [3.8, 4) is 11.5 Å². The molecule has 0 bridgehead atoms. The summed E-state index contributed by atoms with van der Waals surface area (Å²) in [4.78, 5) is 0. The van der Waals surface area contributed by atoms with Crippen LogP contribution < -0.4 is 0 Å². The van der Waals surface area contributed by atoms with Crippen LogP contribution in [0.2, 0.25) is 0 Å².